The van der Waals surface area contributed by atoms with Gasteiger partial charge < -0.3 is 13.7 Å². The molecule has 0 aliphatic rings. The van der Waals surface area contributed by atoms with Crippen molar-refractivity contribution >= 4 is 56.0 Å². The van der Waals surface area contributed by atoms with E-state index in [1.54, 1.807) is 47.9 Å². The summed E-state index contributed by atoms with van der Waals surface area (Å²) in [6, 6.07) is 11.3. The summed E-state index contributed by atoms with van der Waals surface area (Å²) in [5.41, 5.74) is 1.41. The molecule has 7 nitrogen and oxygen atoms in total. The van der Waals surface area contributed by atoms with Gasteiger partial charge in [0.05, 0.1) is 22.2 Å². The van der Waals surface area contributed by atoms with Crippen molar-refractivity contribution in [2.24, 2.45) is 4.99 Å². The van der Waals surface area contributed by atoms with Gasteiger partial charge in [0.25, 0.3) is 0 Å². The Labute approximate surface area is 185 Å². The second-order valence-electron chi connectivity index (χ2n) is 6.68. The molecule has 4 aromatic rings. The predicted octanol–water partition coefficient (Wildman–Crippen LogP) is 4.08. The fourth-order valence-electron chi connectivity index (χ4n) is 3.23. The summed E-state index contributed by atoms with van der Waals surface area (Å²) in [4.78, 5) is 41.8. The summed E-state index contributed by atoms with van der Waals surface area (Å²) in [5.74, 6) is -1.37. The van der Waals surface area contributed by atoms with E-state index in [2.05, 4.69) is 4.99 Å². The third kappa shape index (κ3) is 4.04. The monoisotopic (exact) mass is 456 g/mol. The summed E-state index contributed by atoms with van der Waals surface area (Å²) in [7, 11) is 0. The molecule has 0 aliphatic carbocycles. The molecule has 2 aromatic heterocycles. The molecule has 158 valence electrons. The quantitative estimate of drug-likeness (QED) is 0.431. The number of aryl methyl sites for hydroxylation is 1. The number of halogens is 1. The van der Waals surface area contributed by atoms with Crippen molar-refractivity contribution in [1.82, 2.24) is 4.57 Å². The van der Waals surface area contributed by atoms with E-state index in [0.29, 0.717) is 21.5 Å². The lowest BCUT2D eigenvalue weighted by Crippen LogP contribution is -2.23. The summed E-state index contributed by atoms with van der Waals surface area (Å²) < 4.78 is 13.1. The SMILES string of the molecule is CCOC(=O)Cn1c(=NC(=O)c2cc(=O)c3ccccc3o2)sc2ccc(Cl)c(C)c21. The molecular formula is C22H17ClN2O5S. The van der Waals surface area contributed by atoms with Crippen molar-refractivity contribution in [1.29, 1.82) is 0 Å². The summed E-state index contributed by atoms with van der Waals surface area (Å²) in [5, 5.41) is 0.907. The molecule has 9 heteroatoms. The number of benzene rings is 2. The molecule has 0 saturated heterocycles. The maximum Gasteiger partial charge on any atom is 0.326 e. The summed E-state index contributed by atoms with van der Waals surface area (Å²) in [6.07, 6.45) is 0. The van der Waals surface area contributed by atoms with E-state index in [9.17, 15) is 14.4 Å². The predicted molar refractivity (Wildman–Crippen MR) is 119 cm³/mol. The van der Waals surface area contributed by atoms with Crippen molar-refractivity contribution in [3.8, 4) is 0 Å². The van der Waals surface area contributed by atoms with Crippen LogP contribution in [0.2, 0.25) is 5.02 Å². The topological polar surface area (TPSA) is 90.9 Å². The highest BCUT2D eigenvalue weighted by molar-refractivity contribution is 7.16. The van der Waals surface area contributed by atoms with Gasteiger partial charge in [-0.15, -0.1) is 0 Å². The van der Waals surface area contributed by atoms with Gasteiger partial charge >= 0.3 is 11.9 Å². The zero-order valence-electron chi connectivity index (χ0n) is 16.7. The zero-order chi connectivity index (χ0) is 22.1. The van der Waals surface area contributed by atoms with Crippen LogP contribution in [0.3, 0.4) is 0 Å². The first kappa shape index (κ1) is 21.0. The van der Waals surface area contributed by atoms with Crippen molar-refractivity contribution < 1.29 is 18.7 Å². The smallest absolute Gasteiger partial charge is 0.326 e. The number of rotatable bonds is 4. The first-order valence-electron chi connectivity index (χ1n) is 9.45. The van der Waals surface area contributed by atoms with Crippen LogP contribution in [0.25, 0.3) is 21.2 Å². The molecule has 1 amide bonds. The number of esters is 1. The molecule has 0 aliphatic heterocycles. The van der Waals surface area contributed by atoms with Gasteiger partial charge in [0.15, 0.2) is 16.0 Å². The Morgan fingerprint density at radius 3 is 2.77 bits per heavy atom. The van der Waals surface area contributed by atoms with Gasteiger partial charge in [-0.1, -0.05) is 35.1 Å². The second-order valence-corrected chi connectivity index (χ2v) is 8.10. The van der Waals surface area contributed by atoms with Crippen LogP contribution < -0.4 is 10.2 Å². The molecule has 0 spiro atoms. The minimum absolute atomic E-state index is 0.136. The average molecular weight is 457 g/mol. The standard InChI is InChI=1S/C22H17ClN2O5S/c1-3-29-19(27)11-25-20-12(2)14(23)8-9-18(20)31-22(25)24-21(28)17-10-15(26)13-6-4-5-7-16(13)30-17/h4-10H,3,11H2,1-2H3. The maximum atomic E-state index is 12.9. The average Bonchev–Trinajstić information content (AvgIpc) is 3.08. The van der Waals surface area contributed by atoms with Crippen molar-refractivity contribution in [2.45, 2.75) is 20.4 Å². The minimum atomic E-state index is -0.726. The molecule has 0 radical (unpaired) electrons. The molecule has 0 bridgehead atoms. The summed E-state index contributed by atoms with van der Waals surface area (Å²) >= 11 is 7.50. The van der Waals surface area contributed by atoms with Crippen LogP contribution in [-0.2, 0) is 16.1 Å². The second kappa shape index (κ2) is 8.49. The molecule has 2 aromatic carbocycles. The largest absolute Gasteiger partial charge is 0.465 e. The van der Waals surface area contributed by atoms with Crippen LogP contribution in [0.4, 0.5) is 0 Å². The van der Waals surface area contributed by atoms with Gasteiger partial charge in [0.2, 0.25) is 0 Å². The van der Waals surface area contributed by atoms with Crippen LogP contribution in [0.15, 0.2) is 56.7 Å². The number of para-hydroxylation sites is 1. The first-order chi connectivity index (χ1) is 14.9. The van der Waals surface area contributed by atoms with Gasteiger partial charge in [-0.25, -0.2) is 0 Å². The molecule has 31 heavy (non-hydrogen) atoms. The van der Waals surface area contributed by atoms with Crippen LogP contribution in [0.1, 0.15) is 23.0 Å². The number of ether oxygens (including phenoxy) is 1. The number of amides is 1. The highest BCUT2D eigenvalue weighted by Gasteiger charge is 2.17. The van der Waals surface area contributed by atoms with Gasteiger partial charge in [-0.2, -0.15) is 4.99 Å². The normalized spacial score (nSPS) is 11.9. The number of carbonyl (C=O) groups is 2. The summed E-state index contributed by atoms with van der Waals surface area (Å²) in [6.45, 7) is 3.64. The van der Waals surface area contributed by atoms with Crippen LogP contribution >= 0.6 is 22.9 Å². The Morgan fingerprint density at radius 1 is 1.23 bits per heavy atom. The lowest BCUT2D eigenvalue weighted by Gasteiger charge is -2.08. The number of thiazole rings is 1. The maximum absolute atomic E-state index is 12.9. The number of nitrogens with zero attached hydrogens (tertiary/aromatic N) is 2. The lowest BCUT2D eigenvalue weighted by molar-refractivity contribution is -0.143. The Morgan fingerprint density at radius 2 is 2.00 bits per heavy atom. The number of fused-ring (bicyclic) bond motifs is 2. The van der Waals surface area contributed by atoms with E-state index in [1.807, 2.05) is 6.92 Å². The highest BCUT2D eigenvalue weighted by Crippen LogP contribution is 2.27. The fraction of sp³-hybridized carbons (Fsp3) is 0.182. The first-order valence-corrected chi connectivity index (χ1v) is 10.6. The zero-order valence-corrected chi connectivity index (χ0v) is 18.2. The molecular weight excluding hydrogens is 440 g/mol. The van der Waals surface area contributed by atoms with E-state index in [4.69, 9.17) is 20.8 Å². The number of hydrogen-bond acceptors (Lipinski definition) is 6. The van der Waals surface area contributed by atoms with E-state index in [0.717, 1.165) is 16.3 Å². The molecule has 0 fully saturated rings. The van der Waals surface area contributed by atoms with E-state index < -0.39 is 11.9 Å². The van der Waals surface area contributed by atoms with E-state index >= 15 is 0 Å². The lowest BCUT2D eigenvalue weighted by atomic mass is 10.2. The fourth-order valence-corrected chi connectivity index (χ4v) is 4.47. The Kier molecular flexibility index (Phi) is 5.75. The van der Waals surface area contributed by atoms with Gasteiger partial charge in [-0.05, 0) is 43.7 Å². The molecule has 0 unspecified atom stereocenters. The molecule has 2 heterocycles. The van der Waals surface area contributed by atoms with Gasteiger partial charge in [0, 0.05) is 11.1 Å². The molecule has 0 atom stereocenters. The molecule has 0 N–H and O–H groups in total. The van der Waals surface area contributed by atoms with Gasteiger partial charge in [0.1, 0.15) is 12.1 Å². The van der Waals surface area contributed by atoms with E-state index in [1.165, 1.54) is 11.3 Å². The van der Waals surface area contributed by atoms with Crippen LogP contribution in [0, 0.1) is 6.92 Å². The number of aromatic nitrogens is 1. The minimum Gasteiger partial charge on any atom is -0.465 e. The Hall–Kier alpha value is -3.23. The van der Waals surface area contributed by atoms with E-state index in [-0.39, 0.29) is 29.1 Å². The van der Waals surface area contributed by atoms with Crippen molar-refractivity contribution in [3.63, 3.8) is 0 Å². The third-order valence-electron chi connectivity index (χ3n) is 4.67. The Bertz CT molecular complexity index is 1460. The third-order valence-corrected chi connectivity index (χ3v) is 6.12. The number of carbonyl (C=O) groups excluding carboxylic acids is 2. The van der Waals surface area contributed by atoms with Crippen LogP contribution in [0.5, 0.6) is 0 Å². The molecule has 0 saturated carbocycles. The number of hydrogen-bond donors (Lipinski definition) is 0. The van der Waals surface area contributed by atoms with Crippen molar-refractivity contribution in [3.05, 3.63) is 73.8 Å². The van der Waals surface area contributed by atoms with Crippen LogP contribution in [-0.4, -0.2) is 23.1 Å². The van der Waals surface area contributed by atoms with Gasteiger partial charge in [-0.3, -0.25) is 14.4 Å². The van der Waals surface area contributed by atoms with Crippen molar-refractivity contribution in [2.75, 3.05) is 6.61 Å². The highest BCUT2D eigenvalue weighted by atomic mass is 35.5. The Balaban J connectivity index is 1.88. The molecule has 4 rings (SSSR count).